The van der Waals surface area contributed by atoms with E-state index in [1.54, 1.807) is 25.1 Å². The van der Waals surface area contributed by atoms with Crippen molar-refractivity contribution >= 4 is 27.9 Å². The summed E-state index contributed by atoms with van der Waals surface area (Å²) in [6, 6.07) is 14.0. The summed E-state index contributed by atoms with van der Waals surface area (Å²) in [6.45, 7) is 1.80. The quantitative estimate of drug-likeness (QED) is 0.430. The van der Waals surface area contributed by atoms with Crippen LogP contribution in [0.1, 0.15) is 18.5 Å². The standard InChI is InChI=1S/C18H15N5O2/c1-10(11-5-3-2-4-6-11)23-17(24)15-16(22-18(23)25)21-14-9-12(19)7-8-13(14)20-15/h2-10H,19H2,1H3,(H,21,22,25)/t10-/m1/s1. The maximum Gasteiger partial charge on any atom is 0.330 e. The van der Waals surface area contributed by atoms with Crippen LogP contribution in [0, 0.1) is 0 Å². The maximum atomic E-state index is 12.9. The number of nitrogens with zero attached hydrogens (tertiary/aromatic N) is 3. The van der Waals surface area contributed by atoms with E-state index in [-0.39, 0.29) is 11.2 Å². The third kappa shape index (κ3) is 2.46. The fraction of sp³-hybridized carbons (Fsp3) is 0.111. The van der Waals surface area contributed by atoms with Crippen LogP contribution in [0.2, 0.25) is 0 Å². The smallest absolute Gasteiger partial charge is 0.330 e. The van der Waals surface area contributed by atoms with Crippen molar-refractivity contribution in [3.8, 4) is 0 Å². The average Bonchev–Trinajstić information content (AvgIpc) is 2.61. The molecule has 0 aliphatic carbocycles. The minimum Gasteiger partial charge on any atom is -0.399 e. The van der Waals surface area contributed by atoms with Gasteiger partial charge in [-0.1, -0.05) is 30.3 Å². The van der Waals surface area contributed by atoms with Gasteiger partial charge in [0.15, 0.2) is 11.2 Å². The molecule has 2 heterocycles. The van der Waals surface area contributed by atoms with Crippen LogP contribution in [0.25, 0.3) is 22.2 Å². The number of hydrogen-bond donors (Lipinski definition) is 2. The van der Waals surface area contributed by atoms with Crippen LogP contribution in [0.4, 0.5) is 5.69 Å². The summed E-state index contributed by atoms with van der Waals surface area (Å²) in [5.41, 5.74) is 7.50. The van der Waals surface area contributed by atoms with E-state index < -0.39 is 17.3 Å². The topological polar surface area (TPSA) is 107 Å². The zero-order valence-electron chi connectivity index (χ0n) is 13.4. The SMILES string of the molecule is C[C@H](c1ccccc1)n1c(=O)[nH]c2nc3cc(N)ccc3nc2c1=O. The van der Waals surface area contributed by atoms with Gasteiger partial charge >= 0.3 is 5.69 Å². The van der Waals surface area contributed by atoms with Crippen molar-refractivity contribution in [2.75, 3.05) is 5.73 Å². The monoisotopic (exact) mass is 333 g/mol. The fourth-order valence-corrected chi connectivity index (χ4v) is 2.91. The van der Waals surface area contributed by atoms with Crippen LogP contribution in [-0.4, -0.2) is 19.5 Å². The molecular weight excluding hydrogens is 318 g/mol. The van der Waals surface area contributed by atoms with Gasteiger partial charge in [-0.2, -0.15) is 0 Å². The van der Waals surface area contributed by atoms with Gasteiger partial charge in [-0.25, -0.2) is 14.8 Å². The lowest BCUT2D eigenvalue weighted by atomic mass is 10.1. The van der Waals surface area contributed by atoms with Gasteiger partial charge in [-0.15, -0.1) is 0 Å². The van der Waals surface area contributed by atoms with Crippen LogP contribution in [0.5, 0.6) is 0 Å². The lowest BCUT2D eigenvalue weighted by Gasteiger charge is -2.14. The highest BCUT2D eigenvalue weighted by Gasteiger charge is 2.17. The largest absolute Gasteiger partial charge is 0.399 e. The van der Waals surface area contributed by atoms with E-state index in [9.17, 15) is 9.59 Å². The summed E-state index contributed by atoms with van der Waals surface area (Å²) in [4.78, 5) is 36.7. The van der Waals surface area contributed by atoms with Gasteiger partial charge in [-0.05, 0) is 30.7 Å². The molecular formula is C18H15N5O2. The van der Waals surface area contributed by atoms with Crippen molar-refractivity contribution in [1.82, 2.24) is 19.5 Å². The normalized spacial score (nSPS) is 12.5. The Bertz CT molecular complexity index is 1210. The van der Waals surface area contributed by atoms with Gasteiger partial charge in [0.1, 0.15) is 0 Å². The Kier molecular flexibility index (Phi) is 3.35. The Morgan fingerprint density at radius 1 is 1.04 bits per heavy atom. The number of rotatable bonds is 2. The number of aromatic amines is 1. The Morgan fingerprint density at radius 2 is 1.80 bits per heavy atom. The van der Waals surface area contributed by atoms with Crippen molar-refractivity contribution in [2.24, 2.45) is 0 Å². The van der Waals surface area contributed by atoms with Gasteiger partial charge in [0, 0.05) is 5.69 Å². The lowest BCUT2D eigenvalue weighted by molar-refractivity contribution is 0.583. The fourth-order valence-electron chi connectivity index (χ4n) is 2.91. The number of hydrogen-bond acceptors (Lipinski definition) is 5. The first-order valence-electron chi connectivity index (χ1n) is 7.81. The van der Waals surface area contributed by atoms with Crippen LogP contribution in [-0.2, 0) is 0 Å². The molecule has 0 aliphatic heterocycles. The van der Waals surface area contributed by atoms with E-state index in [4.69, 9.17) is 5.73 Å². The molecule has 4 rings (SSSR count). The molecule has 2 aromatic carbocycles. The first-order valence-corrected chi connectivity index (χ1v) is 7.81. The third-order valence-corrected chi connectivity index (χ3v) is 4.22. The Balaban J connectivity index is 2.01. The minimum absolute atomic E-state index is 0.125. The van der Waals surface area contributed by atoms with Gasteiger partial charge in [0.25, 0.3) is 5.56 Å². The zero-order chi connectivity index (χ0) is 17.6. The van der Waals surface area contributed by atoms with Crippen molar-refractivity contribution < 1.29 is 0 Å². The molecule has 4 aromatic rings. The van der Waals surface area contributed by atoms with E-state index in [0.717, 1.165) is 10.1 Å². The molecule has 0 spiro atoms. The van der Waals surface area contributed by atoms with Crippen molar-refractivity contribution in [2.45, 2.75) is 13.0 Å². The first kappa shape index (κ1) is 15.1. The molecule has 0 bridgehead atoms. The minimum atomic E-state index is -0.522. The average molecular weight is 333 g/mol. The van der Waals surface area contributed by atoms with Crippen LogP contribution in [0.3, 0.4) is 0 Å². The van der Waals surface area contributed by atoms with Crippen molar-refractivity contribution in [1.29, 1.82) is 0 Å². The van der Waals surface area contributed by atoms with E-state index in [0.29, 0.717) is 16.7 Å². The highest BCUT2D eigenvalue weighted by atomic mass is 16.2. The molecule has 7 nitrogen and oxygen atoms in total. The summed E-state index contributed by atoms with van der Waals surface area (Å²) in [6.07, 6.45) is 0. The predicted octanol–water partition coefficient (Wildman–Crippen LogP) is 1.82. The molecule has 0 aliphatic rings. The maximum absolute atomic E-state index is 12.9. The van der Waals surface area contributed by atoms with E-state index in [1.807, 2.05) is 30.3 Å². The van der Waals surface area contributed by atoms with Crippen LogP contribution >= 0.6 is 0 Å². The molecule has 0 fully saturated rings. The van der Waals surface area contributed by atoms with Gasteiger partial charge in [0.05, 0.1) is 17.1 Å². The number of nitrogen functional groups attached to an aromatic ring is 1. The van der Waals surface area contributed by atoms with Crippen molar-refractivity contribution in [3.05, 3.63) is 74.9 Å². The van der Waals surface area contributed by atoms with E-state index in [2.05, 4.69) is 15.0 Å². The van der Waals surface area contributed by atoms with Crippen LogP contribution < -0.4 is 17.0 Å². The molecule has 0 saturated heterocycles. The number of nitrogens with two attached hydrogens (primary N) is 1. The summed E-state index contributed by atoms with van der Waals surface area (Å²) in [7, 11) is 0. The summed E-state index contributed by atoms with van der Waals surface area (Å²) >= 11 is 0. The van der Waals surface area contributed by atoms with Crippen LogP contribution in [0.15, 0.2) is 58.1 Å². The molecule has 0 radical (unpaired) electrons. The first-order chi connectivity index (χ1) is 12.0. The summed E-state index contributed by atoms with van der Waals surface area (Å²) in [5, 5.41) is 0. The predicted molar refractivity (Wildman–Crippen MR) is 96.6 cm³/mol. The molecule has 124 valence electrons. The molecule has 0 unspecified atom stereocenters. The Hall–Kier alpha value is -3.48. The third-order valence-electron chi connectivity index (χ3n) is 4.22. The molecule has 7 heteroatoms. The number of H-pyrrole nitrogens is 1. The second-order valence-electron chi connectivity index (χ2n) is 5.86. The summed E-state index contributed by atoms with van der Waals surface area (Å²) < 4.78 is 1.16. The molecule has 2 aromatic heterocycles. The van der Waals surface area contributed by atoms with Gasteiger partial charge in [0.2, 0.25) is 0 Å². The highest BCUT2D eigenvalue weighted by Crippen LogP contribution is 2.17. The van der Waals surface area contributed by atoms with Gasteiger partial charge < -0.3 is 5.73 Å². The van der Waals surface area contributed by atoms with E-state index in [1.165, 1.54) is 0 Å². The molecule has 0 saturated carbocycles. The number of nitrogens with one attached hydrogen (secondary N) is 1. The molecule has 3 N–H and O–H groups in total. The summed E-state index contributed by atoms with van der Waals surface area (Å²) in [5.74, 6) is 0. The second kappa shape index (κ2) is 5.55. The second-order valence-corrected chi connectivity index (χ2v) is 5.86. The lowest BCUT2D eigenvalue weighted by Crippen LogP contribution is -2.38. The molecule has 0 amide bonds. The molecule has 25 heavy (non-hydrogen) atoms. The van der Waals surface area contributed by atoms with Gasteiger partial charge in [-0.3, -0.25) is 14.3 Å². The zero-order valence-corrected chi connectivity index (χ0v) is 13.4. The van der Waals surface area contributed by atoms with Crippen molar-refractivity contribution in [3.63, 3.8) is 0 Å². The number of benzene rings is 2. The number of fused-ring (bicyclic) bond motifs is 2. The Morgan fingerprint density at radius 3 is 2.56 bits per heavy atom. The number of aromatic nitrogens is 4. The number of anilines is 1. The highest BCUT2D eigenvalue weighted by molar-refractivity contribution is 5.85. The van der Waals surface area contributed by atoms with E-state index >= 15 is 0 Å². The Labute approximate surface area is 141 Å². The molecule has 1 atom stereocenters.